The molecule has 0 aromatic carbocycles. The minimum Gasteiger partial charge on any atom is -0.484 e. The number of ether oxygens (including phenoxy) is 1. The highest BCUT2D eigenvalue weighted by molar-refractivity contribution is 5.99. The van der Waals surface area contributed by atoms with Crippen molar-refractivity contribution in [1.82, 2.24) is 0 Å². The highest BCUT2D eigenvalue weighted by Crippen LogP contribution is 2.27. The lowest BCUT2D eigenvalue weighted by atomic mass is 9.98. The lowest BCUT2D eigenvalue weighted by Crippen LogP contribution is -2.31. The van der Waals surface area contributed by atoms with Gasteiger partial charge in [-0.25, -0.2) is 0 Å². The zero-order valence-electron chi connectivity index (χ0n) is 6.89. The van der Waals surface area contributed by atoms with Crippen LogP contribution in [0.3, 0.4) is 0 Å². The minimum absolute atomic E-state index is 0.0369. The van der Waals surface area contributed by atoms with Crippen LogP contribution in [0.2, 0.25) is 0 Å². The molecule has 1 aliphatic rings. The summed E-state index contributed by atoms with van der Waals surface area (Å²) in [5.74, 6) is 0.731. The minimum atomic E-state index is -0.675. The summed E-state index contributed by atoms with van der Waals surface area (Å²) < 4.78 is 5.34. The molecule has 1 rings (SSSR count). The molecular weight excluding hydrogens is 140 g/mol. The van der Waals surface area contributed by atoms with Crippen LogP contribution in [0.4, 0.5) is 0 Å². The normalized spacial score (nSPS) is 29.6. The lowest BCUT2D eigenvalue weighted by Gasteiger charge is -2.20. The van der Waals surface area contributed by atoms with E-state index in [1.54, 1.807) is 19.9 Å². The Morgan fingerprint density at radius 3 is 2.82 bits per heavy atom. The molecule has 60 valence electrons. The van der Waals surface area contributed by atoms with Gasteiger partial charge >= 0.3 is 0 Å². The predicted molar refractivity (Wildman–Crippen MR) is 43.1 cm³/mol. The molecule has 1 atom stereocenters. The molecule has 2 heteroatoms. The van der Waals surface area contributed by atoms with Crippen LogP contribution in [0.5, 0.6) is 0 Å². The van der Waals surface area contributed by atoms with E-state index in [0.717, 1.165) is 0 Å². The molecule has 0 spiro atoms. The van der Waals surface area contributed by atoms with Crippen LogP contribution in [0, 0.1) is 0 Å². The van der Waals surface area contributed by atoms with E-state index >= 15 is 0 Å². The second-order valence-corrected chi connectivity index (χ2v) is 2.94. The third kappa shape index (κ3) is 1.34. The molecule has 1 aliphatic heterocycles. The Morgan fingerprint density at radius 1 is 1.82 bits per heavy atom. The molecule has 0 aromatic rings. The highest BCUT2D eigenvalue weighted by atomic mass is 16.5. The summed E-state index contributed by atoms with van der Waals surface area (Å²) in [6, 6.07) is 0. The lowest BCUT2D eigenvalue weighted by molar-refractivity contribution is -0.128. The summed E-state index contributed by atoms with van der Waals surface area (Å²) in [6.45, 7) is 7.14. The smallest absolute Gasteiger partial charge is 0.202 e. The largest absolute Gasteiger partial charge is 0.484 e. The van der Waals surface area contributed by atoms with Gasteiger partial charge in [-0.1, -0.05) is 6.08 Å². The van der Waals surface area contributed by atoms with E-state index in [9.17, 15) is 4.79 Å². The molecule has 2 nitrogen and oxygen atoms in total. The van der Waals surface area contributed by atoms with Crippen molar-refractivity contribution in [3.63, 3.8) is 0 Å². The van der Waals surface area contributed by atoms with Crippen molar-refractivity contribution in [2.45, 2.75) is 25.9 Å². The zero-order valence-corrected chi connectivity index (χ0v) is 6.89. The van der Waals surface area contributed by atoms with Crippen LogP contribution in [0.1, 0.15) is 20.3 Å². The molecule has 0 aliphatic carbocycles. The van der Waals surface area contributed by atoms with E-state index in [4.69, 9.17) is 4.74 Å². The van der Waals surface area contributed by atoms with Gasteiger partial charge in [0, 0.05) is 12.5 Å². The fraction of sp³-hybridized carbons (Fsp3) is 0.444. The summed E-state index contributed by atoms with van der Waals surface area (Å²) in [5.41, 5.74) is -0.675. The first-order chi connectivity index (χ1) is 5.08. The van der Waals surface area contributed by atoms with Gasteiger partial charge in [0.1, 0.15) is 0 Å². The first kappa shape index (κ1) is 8.05. The number of hydrogen-bond acceptors (Lipinski definition) is 2. The zero-order chi connectivity index (χ0) is 8.48. The average Bonchev–Trinajstić information content (AvgIpc) is 2.08. The van der Waals surface area contributed by atoms with Crippen molar-refractivity contribution >= 4 is 5.78 Å². The number of hydrogen-bond donors (Lipinski definition) is 0. The number of carbonyl (C=O) groups excluding carboxylic acids is 1. The number of allylic oxidation sites excluding steroid dienone is 1. The molecule has 1 unspecified atom stereocenters. The van der Waals surface area contributed by atoms with Gasteiger partial charge in [0.05, 0.1) is 5.76 Å². The van der Waals surface area contributed by atoms with Crippen LogP contribution in [0.25, 0.3) is 0 Å². The van der Waals surface area contributed by atoms with Gasteiger partial charge in [-0.3, -0.25) is 4.79 Å². The standard InChI is InChI=1S/C9H12O2/c1-4-5-9(3)8(10)6-7(2)11-9/h4,6H,1,5H2,2-3H3. The van der Waals surface area contributed by atoms with Crippen molar-refractivity contribution in [3.05, 3.63) is 24.5 Å². The first-order valence-corrected chi connectivity index (χ1v) is 3.61. The number of rotatable bonds is 2. The van der Waals surface area contributed by atoms with Crippen LogP contribution >= 0.6 is 0 Å². The van der Waals surface area contributed by atoms with E-state index < -0.39 is 5.60 Å². The molecule has 0 fully saturated rings. The van der Waals surface area contributed by atoms with Crippen molar-refractivity contribution in [2.24, 2.45) is 0 Å². The molecule has 0 aromatic heterocycles. The van der Waals surface area contributed by atoms with E-state index in [2.05, 4.69) is 6.58 Å². The summed E-state index contributed by atoms with van der Waals surface area (Å²) in [7, 11) is 0. The number of ketones is 1. The topological polar surface area (TPSA) is 26.3 Å². The summed E-state index contributed by atoms with van der Waals surface area (Å²) in [4.78, 5) is 11.2. The molecule has 11 heavy (non-hydrogen) atoms. The van der Waals surface area contributed by atoms with Gasteiger partial charge in [0.15, 0.2) is 5.60 Å². The highest BCUT2D eigenvalue weighted by Gasteiger charge is 2.37. The maximum Gasteiger partial charge on any atom is 0.202 e. The molecule has 0 N–H and O–H groups in total. The van der Waals surface area contributed by atoms with Crippen LogP contribution in [-0.4, -0.2) is 11.4 Å². The first-order valence-electron chi connectivity index (χ1n) is 3.61. The fourth-order valence-electron chi connectivity index (χ4n) is 1.19. The van der Waals surface area contributed by atoms with E-state index in [1.807, 2.05) is 0 Å². The van der Waals surface area contributed by atoms with Crippen LogP contribution in [0.15, 0.2) is 24.5 Å². The molecule has 0 radical (unpaired) electrons. The Bertz CT molecular complexity index is 228. The molecule has 0 saturated heterocycles. The van der Waals surface area contributed by atoms with Crippen LogP contribution < -0.4 is 0 Å². The van der Waals surface area contributed by atoms with Gasteiger partial charge in [0.25, 0.3) is 0 Å². The quantitative estimate of drug-likeness (QED) is 0.564. The van der Waals surface area contributed by atoms with E-state index in [1.165, 1.54) is 6.08 Å². The fourth-order valence-corrected chi connectivity index (χ4v) is 1.19. The third-order valence-electron chi connectivity index (χ3n) is 1.78. The molecule has 0 bridgehead atoms. The monoisotopic (exact) mass is 152 g/mol. The Hall–Kier alpha value is -1.05. The van der Waals surface area contributed by atoms with Crippen molar-refractivity contribution < 1.29 is 9.53 Å². The molecule has 1 heterocycles. The summed E-state index contributed by atoms with van der Waals surface area (Å²) in [6.07, 6.45) is 3.80. The van der Waals surface area contributed by atoms with Gasteiger partial charge in [-0.15, -0.1) is 6.58 Å². The van der Waals surface area contributed by atoms with Gasteiger partial charge < -0.3 is 4.74 Å². The Morgan fingerprint density at radius 2 is 2.45 bits per heavy atom. The Kier molecular flexibility index (Phi) is 1.85. The average molecular weight is 152 g/mol. The number of carbonyl (C=O) groups is 1. The van der Waals surface area contributed by atoms with Gasteiger partial charge in [-0.05, 0) is 13.8 Å². The summed E-state index contributed by atoms with van der Waals surface area (Å²) >= 11 is 0. The van der Waals surface area contributed by atoms with E-state index in [0.29, 0.717) is 12.2 Å². The van der Waals surface area contributed by atoms with Gasteiger partial charge in [-0.2, -0.15) is 0 Å². The summed E-state index contributed by atoms with van der Waals surface area (Å²) in [5, 5.41) is 0. The second-order valence-electron chi connectivity index (χ2n) is 2.94. The molecular formula is C9H12O2. The Labute approximate surface area is 66.5 Å². The van der Waals surface area contributed by atoms with Gasteiger partial charge in [0.2, 0.25) is 5.78 Å². The SMILES string of the molecule is C=CCC1(C)OC(C)=CC1=O. The van der Waals surface area contributed by atoms with E-state index in [-0.39, 0.29) is 5.78 Å². The maximum atomic E-state index is 11.2. The maximum absolute atomic E-state index is 11.2. The van der Waals surface area contributed by atoms with Crippen LogP contribution in [-0.2, 0) is 9.53 Å². The third-order valence-corrected chi connectivity index (χ3v) is 1.78. The van der Waals surface area contributed by atoms with Crippen molar-refractivity contribution in [1.29, 1.82) is 0 Å². The molecule has 0 saturated carbocycles. The predicted octanol–water partition coefficient (Wildman–Crippen LogP) is 1.82. The second kappa shape index (κ2) is 2.53. The van der Waals surface area contributed by atoms with Crippen molar-refractivity contribution in [2.75, 3.05) is 0 Å². The Balaban J connectivity index is 2.77. The molecule has 0 amide bonds. The van der Waals surface area contributed by atoms with Crippen molar-refractivity contribution in [3.8, 4) is 0 Å².